The van der Waals surface area contributed by atoms with E-state index < -0.39 is 16.0 Å². The van der Waals surface area contributed by atoms with Crippen LogP contribution in [0.5, 0.6) is 0 Å². The van der Waals surface area contributed by atoms with Gasteiger partial charge in [0.2, 0.25) is 0 Å². The van der Waals surface area contributed by atoms with Gasteiger partial charge in [0.05, 0.1) is 12.7 Å². The van der Waals surface area contributed by atoms with Gasteiger partial charge in [-0.2, -0.15) is 0 Å². The Balaban J connectivity index is 1.36. The highest BCUT2D eigenvalue weighted by Crippen LogP contribution is 2.38. The van der Waals surface area contributed by atoms with Crippen LogP contribution in [0.25, 0.3) is 11.1 Å². The lowest BCUT2D eigenvalue weighted by Crippen LogP contribution is -2.30. The van der Waals surface area contributed by atoms with Crippen molar-refractivity contribution in [3.63, 3.8) is 0 Å². The van der Waals surface area contributed by atoms with Crippen LogP contribution < -0.4 is 4.72 Å². The first-order chi connectivity index (χ1) is 15.9. The fourth-order valence-electron chi connectivity index (χ4n) is 4.23. The lowest BCUT2D eigenvalue weighted by molar-refractivity contribution is 0.0595. The number of hydrogen-bond acceptors (Lipinski definition) is 6. The lowest BCUT2D eigenvalue weighted by atomic mass is 10.0. The zero-order chi connectivity index (χ0) is 23.0. The van der Waals surface area contributed by atoms with E-state index >= 15 is 0 Å². The van der Waals surface area contributed by atoms with E-state index in [1.165, 1.54) is 35.1 Å². The van der Waals surface area contributed by atoms with Gasteiger partial charge < -0.3 is 4.74 Å². The van der Waals surface area contributed by atoms with Crippen LogP contribution >= 0.6 is 11.3 Å². The van der Waals surface area contributed by atoms with E-state index in [0.717, 1.165) is 36.4 Å². The minimum absolute atomic E-state index is 0.0185. The largest absolute Gasteiger partial charge is 0.465 e. The van der Waals surface area contributed by atoms with Crippen LogP contribution in [0.1, 0.15) is 39.2 Å². The molecule has 6 nitrogen and oxygen atoms in total. The Hall–Kier alpha value is -2.52. The molecule has 8 heteroatoms. The Morgan fingerprint density at radius 2 is 1.79 bits per heavy atom. The molecule has 2 heterocycles. The Labute approximate surface area is 198 Å². The number of carbonyl (C=O) groups is 1. The summed E-state index contributed by atoms with van der Waals surface area (Å²) in [5, 5.41) is 0. The summed E-state index contributed by atoms with van der Waals surface area (Å²) in [5.74, 6) is -0.575. The van der Waals surface area contributed by atoms with E-state index in [-0.39, 0.29) is 15.8 Å². The first-order valence-corrected chi connectivity index (χ1v) is 13.4. The molecule has 0 atom stereocenters. The number of nitrogens with one attached hydrogen (secondary N) is 1. The number of sulfonamides is 1. The maximum Gasteiger partial charge on any atom is 0.340 e. The molecule has 0 unspecified atom stereocenters. The SMILES string of the molecule is COC(=O)c1c(S(=O)(=O)NC2CC2)sc2c1CCN(Cc1ccc(-c3ccccc3)cc1)C2. The maximum atomic E-state index is 12.9. The first-order valence-electron chi connectivity index (χ1n) is 11.1. The number of esters is 1. The normalized spacial score (nSPS) is 16.4. The summed E-state index contributed by atoms with van der Waals surface area (Å²) in [6.07, 6.45) is 2.31. The maximum absolute atomic E-state index is 12.9. The van der Waals surface area contributed by atoms with E-state index in [1.54, 1.807) is 0 Å². The van der Waals surface area contributed by atoms with Crippen molar-refractivity contribution in [2.75, 3.05) is 13.7 Å². The van der Waals surface area contributed by atoms with E-state index in [1.807, 2.05) is 18.2 Å². The second-order valence-corrected chi connectivity index (χ2v) is 11.6. The predicted molar refractivity (Wildman–Crippen MR) is 129 cm³/mol. The van der Waals surface area contributed by atoms with Gasteiger partial charge in [0, 0.05) is 30.6 Å². The van der Waals surface area contributed by atoms with Crippen LogP contribution in [0.15, 0.2) is 58.8 Å². The van der Waals surface area contributed by atoms with Gasteiger partial charge in [-0.05, 0) is 41.5 Å². The molecule has 2 aromatic carbocycles. The molecule has 1 aromatic heterocycles. The minimum atomic E-state index is -3.74. The lowest BCUT2D eigenvalue weighted by Gasteiger charge is -2.27. The second-order valence-electron chi connectivity index (χ2n) is 8.58. The summed E-state index contributed by atoms with van der Waals surface area (Å²) < 4.78 is 33.6. The number of thiophene rings is 1. The number of carbonyl (C=O) groups excluding carboxylic acids is 1. The summed E-state index contributed by atoms with van der Waals surface area (Å²) in [7, 11) is -2.44. The molecule has 1 aliphatic carbocycles. The fraction of sp³-hybridized carbons (Fsp3) is 0.320. The standard InChI is InChI=1S/C25H26N2O4S2/c1-31-24(28)23-21-13-14-27(16-22(21)32-25(23)33(29,30)26-20-11-12-20)15-17-7-9-19(10-8-17)18-5-3-2-4-6-18/h2-10,20,26H,11-16H2,1H3. The Morgan fingerprint density at radius 3 is 2.45 bits per heavy atom. The number of nitrogens with zero attached hydrogens (tertiary/aromatic N) is 1. The molecule has 0 amide bonds. The average molecular weight is 483 g/mol. The van der Waals surface area contributed by atoms with Gasteiger partial charge in [-0.1, -0.05) is 54.6 Å². The van der Waals surface area contributed by atoms with Crippen molar-refractivity contribution in [2.45, 2.75) is 42.6 Å². The van der Waals surface area contributed by atoms with Crippen molar-refractivity contribution in [2.24, 2.45) is 0 Å². The highest BCUT2D eigenvalue weighted by Gasteiger charge is 2.36. The quantitative estimate of drug-likeness (QED) is 0.511. The summed E-state index contributed by atoms with van der Waals surface area (Å²) in [6.45, 7) is 2.13. The summed E-state index contributed by atoms with van der Waals surface area (Å²) in [5.41, 5.74) is 4.61. The number of rotatable bonds is 7. The minimum Gasteiger partial charge on any atom is -0.465 e. The number of ether oxygens (including phenoxy) is 1. The predicted octanol–water partition coefficient (Wildman–Crippen LogP) is 4.20. The van der Waals surface area contributed by atoms with Gasteiger partial charge in [0.15, 0.2) is 0 Å². The third-order valence-electron chi connectivity index (χ3n) is 6.10. The van der Waals surface area contributed by atoms with Gasteiger partial charge >= 0.3 is 5.97 Å². The monoisotopic (exact) mass is 482 g/mol. The fourth-order valence-corrected chi connectivity index (χ4v) is 7.48. The van der Waals surface area contributed by atoms with Crippen molar-refractivity contribution >= 4 is 27.3 Å². The first kappa shape index (κ1) is 22.3. The number of hydrogen-bond donors (Lipinski definition) is 1. The molecule has 5 rings (SSSR count). The summed E-state index contributed by atoms with van der Waals surface area (Å²) in [4.78, 5) is 15.7. The van der Waals surface area contributed by atoms with E-state index in [4.69, 9.17) is 4.74 Å². The van der Waals surface area contributed by atoms with Crippen molar-refractivity contribution in [1.82, 2.24) is 9.62 Å². The zero-order valence-corrected chi connectivity index (χ0v) is 20.0. The second kappa shape index (κ2) is 9.02. The molecule has 0 spiro atoms. The zero-order valence-electron chi connectivity index (χ0n) is 18.4. The molecule has 1 saturated carbocycles. The molecule has 1 fully saturated rings. The van der Waals surface area contributed by atoms with Crippen LogP contribution in [0, 0.1) is 0 Å². The van der Waals surface area contributed by atoms with E-state index in [2.05, 4.69) is 46.0 Å². The highest BCUT2D eigenvalue weighted by molar-refractivity contribution is 7.91. The van der Waals surface area contributed by atoms with Crippen molar-refractivity contribution < 1.29 is 17.9 Å². The molecular formula is C25H26N2O4S2. The van der Waals surface area contributed by atoms with Gasteiger partial charge in [-0.3, -0.25) is 4.90 Å². The van der Waals surface area contributed by atoms with Crippen LogP contribution in [-0.4, -0.2) is 39.0 Å². The smallest absolute Gasteiger partial charge is 0.340 e. The Kier molecular flexibility index (Phi) is 6.09. The van der Waals surface area contributed by atoms with E-state index in [0.29, 0.717) is 13.0 Å². The third kappa shape index (κ3) is 4.75. The number of methoxy groups -OCH3 is 1. The van der Waals surface area contributed by atoms with Gasteiger partial charge in [-0.15, -0.1) is 11.3 Å². The molecule has 0 radical (unpaired) electrons. The topological polar surface area (TPSA) is 75.7 Å². The van der Waals surface area contributed by atoms with Crippen LogP contribution in [-0.2, 0) is 34.3 Å². The average Bonchev–Trinajstić information content (AvgIpc) is 3.54. The molecule has 0 bridgehead atoms. The highest BCUT2D eigenvalue weighted by atomic mass is 32.2. The van der Waals surface area contributed by atoms with Crippen molar-refractivity contribution in [3.8, 4) is 11.1 Å². The number of fused-ring (bicyclic) bond motifs is 1. The van der Waals surface area contributed by atoms with Crippen LogP contribution in [0.4, 0.5) is 0 Å². The van der Waals surface area contributed by atoms with Gasteiger partial charge in [0.1, 0.15) is 4.21 Å². The molecule has 172 valence electrons. The molecule has 0 saturated heterocycles. The number of benzene rings is 2. The van der Waals surface area contributed by atoms with Crippen molar-refractivity contribution in [1.29, 1.82) is 0 Å². The third-order valence-corrected chi connectivity index (χ3v) is 9.36. The van der Waals surface area contributed by atoms with Crippen LogP contribution in [0.2, 0.25) is 0 Å². The molecular weight excluding hydrogens is 456 g/mol. The van der Waals surface area contributed by atoms with Gasteiger partial charge in [-0.25, -0.2) is 17.9 Å². The van der Waals surface area contributed by atoms with Crippen molar-refractivity contribution in [3.05, 3.63) is 76.2 Å². The molecule has 3 aromatic rings. The molecule has 33 heavy (non-hydrogen) atoms. The van der Waals surface area contributed by atoms with E-state index in [9.17, 15) is 13.2 Å². The molecule has 2 aliphatic rings. The van der Waals surface area contributed by atoms with Crippen LogP contribution in [0.3, 0.4) is 0 Å². The molecule has 1 N–H and O–H groups in total. The molecule has 1 aliphatic heterocycles. The van der Waals surface area contributed by atoms with Gasteiger partial charge in [0.25, 0.3) is 10.0 Å². The Bertz CT molecular complexity index is 1260. The summed E-state index contributed by atoms with van der Waals surface area (Å²) >= 11 is 1.20. The Morgan fingerprint density at radius 1 is 1.09 bits per heavy atom. The summed E-state index contributed by atoms with van der Waals surface area (Å²) in [6, 6.07) is 18.8.